The molecule has 2 aromatic rings. The number of aromatic nitrogens is 1. The van der Waals surface area contributed by atoms with E-state index in [1.165, 1.54) is 4.88 Å². The van der Waals surface area contributed by atoms with Gasteiger partial charge in [0.2, 0.25) is 0 Å². The molecule has 0 spiro atoms. The second-order valence-corrected chi connectivity index (χ2v) is 6.75. The highest BCUT2D eigenvalue weighted by Crippen LogP contribution is 2.26. The van der Waals surface area contributed by atoms with Crippen molar-refractivity contribution in [3.63, 3.8) is 0 Å². The van der Waals surface area contributed by atoms with Crippen LogP contribution in [0.25, 0.3) is 0 Å². The van der Waals surface area contributed by atoms with Gasteiger partial charge in [-0.25, -0.2) is 4.98 Å². The minimum Gasteiger partial charge on any atom is -0.372 e. The Balaban J connectivity index is 1.96. The highest BCUT2D eigenvalue weighted by atomic mass is 32.1. The van der Waals surface area contributed by atoms with Crippen LogP contribution in [0, 0.1) is 0 Å². The largest absolute Gasteiger partial charge is 0.372 e. The molecule has 5 heteroatoms. The van der Waals surface area contributed by atoms with E-state index < -0.39 is 0 Å². The number of thiazole rings is 1. The molecular weight excluding hydrogens is 288 g/mol. The first kappa shape index (κ1) is 15.6. The Morgan fingerprint density at radius 3 is 2.80 bits per heavy atom. The van der Waals surface area contributed by atoms with Crippen LogP contribution in [0.3, 0.4) is 0 Å². The van der Waals surface area contributed by atoms with Gasteiger partial charge in [-0.1, -0.05) is 6.07 Å². The van der Waals surface area contributed by atoms with Crippen molar-refractivity contribution < 1.29 is 4.74 Å². The van der Waals surface area contributed by atoms with Crippen molar-refractivity contribution in [2.24, 2.45) is 0 Å². The van der Waals surface area contributed by atoms with Gasteiger partial charge in [-0.15, -0.1) is 22.7 Å². The van der Waals surface area contributed by atoms with Crippen LogP contribution in [-0.4, -0.2) is 23.5 Å². The molecule has 0 radical (unpaired) electrons. The summed E-state index contributed by atoms with van der Waals surface area (Å²) >= 11 is 3.50. The Morgan fingerprint density at radius 1 is 1.35 bits per heavy atom. The molecule has 0 aliphatic heterocycles. The Labute approximate surface area is 129 Å². The van der Waals surface area contributed by atoms with Crippen molar-refractivity contribution in [3.05, 3.63) is 38.5 Å². The molecule has 2 aromatic heterocycles. The highest BCUT2D eigenvalue weighted by molar-refractivity contribution is 7.10. The van der Waals surface area contributed by atoms with Crippen LogP contribution < -0.4 is 0 Å². The summed E-state index contributed by atoms with van der Waals surface area (Å²) in [5.41, 5.74) is 1.13. The normalized spacial score (nSPS) is 14.7. The molecule has 0 aliphatic rings. The average molecular weight is 310 g/mol. The molecule has 2 unspecified atom stereocenters. The highest BCUT2D eigenvalue weighted by Gasteiger charge is 2.15. The van der Waals surface area contributed by atoms with E-state index in [4.69, 9.17) is 4.74 Å². The molecule has 0 aromatic carbocycles. The zero-order valence-corrected chi connectivity index (χ0v) is 14.1. The molecule has 2 heterocycles. The molecule has 0 bridgehead atoms. The number of nitrogens with zero attached hydrogens (tertiary/aromatic N) is 2. The molecule has 110 valence electrons. The minimum atomic E-state index is 0.0961. The molecule has 0 saturated carbocycles. The lowest BCUT2D eigenvalue weighted by Gasteiger charge is -2.22. The van der Waals surface area contributed by atoms with Crippen LogP contribution in [0.1, 0.15) is 48.5 Å². The van der Waals surface area contributed by atoms with E-state index in [1.54, 1.807) is 11.3 Å². The minimum absolute atomic E-state index is 0.0961. The van der Waals surface area contributed by atoms with E-state index >= 15 is 0 Å². The maximum atomic E-state index is 5.59. The van der Waals surface area contributed by atoms with E-state index in [-0.39, 0.29) is 6.10 Å². The molecule has 2 atom stereocenters. The van der Waals surface area contributed by atoms with Crippen molar-refractivity contribution in [2.45, 2.75) is 39.5 Å². The fourth-order valence-corrected chi connectivity index (χ4v) is 3.70. The third-order valence-corrected chi connectivity index (χ3v) is 5.46. The van der Waals surface area contributed by atoms with Gasteiger partial charge in [-0.2, -0.15) is 0 Å². The summed E-state index contributed by atoms with van der Waals surface area (Å²) in [6.45, 7) is 7.91. The van der Waals surface area contributed by atoms with Crippen molar-refractivity contribution in [1.82, 2.24) is 9.88 Å². The van der Waals surface area contributed by atoms with Crippen molar-refractivity contribution in [2.75, 3.05) is 13.7 Å². The Hall–Kier alpha value is -0.750. The molecule has 0 aliphatic carbocycles. The predicted octanol–water partition coefficient (Wildman–Crippen LogP) is 4.50. The van der Waals surface area contributed by atoms with Crippen LogP contribution in [0.15, 0.2) is 22.9 Å². The second kappa shape index (κ2) is 7.31. The lowest BCUT2D eigenvalue weighted by Crippen LogP contribution is -2.21. The van der Waals surface area contributed by atoms with Crippen molar-refractivity contribution in [3.8, 4) is 0 Å². The molecule has 0 fully saturated rings. The fourth-order valence-electron chi connectivity index (χ4n) is 2.04. The van der Waals surface area contributed by atoms with Crippen molar-refractivity contribution in [1.29, 1.82) is 0 Å². The quantitative estimate of drug-likeness (QED) is 0.753. The molecule has 3 nitrogen and oxygen atoms in total. The SMILES string of the molecule is CCOC(C)c1nc(CN(C)C(C)c2cccs2)cs1. The number of hydrogen-bond donors (Lipinski definition) is 0. The van der Waals surface area contributed by atoms with Crippen molar-refractivity contribution >= 4 is 22.7 Å². The number of rotatable bonds is 7. The summed E-state index contributed by atoms with van der Waals surface area (Å²) in [6.07, 6.45) is 0.0961. The summed E-state index contributed by atoms with van der Waals surface area (Å²) in [6, 6.07) is 4.72. The van der Waals surface area contributed by atoms with Gasteiger partial charge in [0, 0.05) is 29.5 Å². The Bertz CT molecular complexity index is 510. The van der Waals surface area contributed by atoms with Gasteiger partial charge in [0.15, 0.2) is 0 Å². The maximum absolute atomic E-state index is 5.59. The molecule has 0 amide bonds. The fraction of sp³-hybridized carbons (Fsp3) is 0.533. The smallest absolute Gasteiger partial charge is 0.122 e. The molecule has 20 heavy (non-hydrogen) atoms. The number of ether oxygens (including phenoxy) is 1. The van der Waals surface area contributed by atoms with Gasteiger partial charge in [-0.05, 0) is 39.3 Å². The summed E-state index contributed by atoms with van der Waals surface area (Å²) in [5.74, 6) is 0. The monoisotopic (exact) mass is 310 g/mol. The Morgan fingerprint density at radius 2 is 2.15 bits per heavy atom. The molecule has 0 N–H and O–H groups in total. The van der Waals surface area contributed by atoms with Crippen LogP contribution in [-0.2, 0) is 11.3 Å². The lowest BCUT2D eigenvalue weighted by molar-refractivity contribution is 0.0760. The lowest BCUT2D eigenvalue weighted by atomic mass is 10.2. The van der Waals surface area contributed by atoms with E-state index in [0.29, 0.717) is 6.04 Å². The zero-order chi connectivity index (χ0) is 14.5. The van der Waals surface area contributed by atoms with Crippen LogP contribution in [0.2, 0.25) is 0 Å². The van der Waals surface area contributed by atoms with Gasteiger partial charge in [-0.3, -0.25) is 4.90 Å². The maximum Gasteiger partial charge on any atom is 0.122 e. The summed E-state index contributed by atoms with van der Waals surface area (Å²) in [4.78, 5) is 8.41. The zero-order valence-electron chi connectivity index (χ0n) is 12.5. The third kappa shape index (κ3) is 3.88. The number of thiophene rings is 1. The standard InChI is InChI=1S/C15H22N2OS2/c1-5-18-12(3)15-16-13(10-20-15)9-17(4)11(2)14-7-6-8-19-14/h6-8,10-12H,5,9H2,1-4H3. The van der Waals surface area contributed by atoms with E-state index in [9.17, 15) is 0 Å². The van der Waals surface area contributed by atoms with Gasteiger partial charge in [0.1, 0.15) is 11.1 Å². The third-order valence-electron chi connectivity index (χ3n) is 3.36. The first-order valence-electron chi connectivity index (χ1n) is 6.91. The Kier molecular flexibility index (Phi) is 5.72. The first-order valence-corrected chi connectivity index (χ1v) is 8.67. The predicted molar refractivity (Wildman–Crippen MR) is 86.4 cm³/mol. The second-order valence-electron chi connectivity index (χ2n) is 4.88. The van der Waals surface area contributed by atoms with Crippen LogP contribution in [0.5, 0.6) is 0 Å². The van der Waals surface area contributed by atoms with Gasteiger partial charge in [0.05, 0.1) is 5.69 Å². The topological polar surface area (TPSA) is 25.4 Å². The van der Waals surface area contributed by atoms with Gasteiger partial charge < -0.3 is 4.74 Å². The van der Waals surface area contributed by atoms with Crippen LogP contribution >= 0.6 is 22.7 Å². The number of hydrogen-bond acceptors (Lipinski definition) is 5. The van der Waals surface area contributed by atoms with Gasteiger partial charge in [0.25, 0.3) is 0 Å². The van der Waals surface area contributed by atoms with Crippen LogP contribution in [0.4, 0.5) is 0 Å². The molecular formula is C15H22N2OS2. The molecule has 0 saturated heterocycles. The summed E-state index contributed by atoms with van der Waals surface area (Å²) in [5, 5.41) is 5.34. The summed E-state index contributed by atoms with van der Waals surface area (Å²) in [7, 11) is 2.15. The van der Waals surface area contributed by atoms with Gasteiger partial charge >= 0.3 is 0 Å². The van der Waals surface area contributed by atoms with E-state index in [0.717, 1.165) is 23.9 Å². The van der Waals surface area contributed by atoms with E-state index in [2.05, 4.69) is 53.7 Å². The molecule has 2 rings (SSSR count). The summed E-state index contributed by atoms with van der Waals surface area (Å²) < 4.78 is 5.59. The first-order chi connectivity index (χ1) is 9.61. The average Bonchev–Trinajstić information content (AvgIpc) is 3.09. The van der Waals surface area contributed by atoms with E-state index in [1.807, 2.05) is 18.3 Å².